The molecule has 0 aromatic heterocycles. The van der Waals surface area contributed by atoms with Gasteiger partial charge in [-0.15, -0.1) is 0 Å². The molecule has 126 valence electrons. The Morgan fingerprint density at radius 2 is 2.12 bits per heavy atom. The van der Waals surface area contributed by atoms with Crippen molar-refractivity contribution in [2.75, 3.05) is 18.5 Å². The van der Waals surface area contributed by atoms with Gasteiger partial charge in [0.15, 0.2) is 0 Å². The highest BCUT2D eigenvalue weighted by Crippen LogP contribution is 2.29. The number of unbranched alkanes of at least 4 members (excludes halogenated alkanes) is 1. The van der Waals surface area contributed by atoms with Gasteiger partial charge in [-0.3, -0.25) is 9.79 Å². The molecule has 25 heavy (non-hydrogen) atoms. The number of anilines is 1. The molecule has 0 saturated carbocycles. The molecule has 0 spiro atoms. The van der Waals surface area contributed by atoms with E-state index in [0.29, 0.717) is 11.4 Å². The molecule has 0 radical (unpaired) electrons. The molecule has 4 nitrogen and oxygen atoms in total. The van der Waals surface area contributed by atoms with Crippen LogP contribution in [-0.4, -0.2) is 25.2 Å². The van der Waals surface area contributed by atoms with Gasteiger partial charge in [0.05, 0.1) is 17.5 Å². The molecular weight excluding hydrogens is 334 g/mol. The summed E-state index contributed by atoms with van der Waals surface area (Å²) in [5.74, 6) is -0.0521. The third-order valence-electron chi connectivity index (χ3n) is 4.28. The molecule has 0 bridgehead atoms. The fourth-order valence-electron chi connectivity index (χ4n) is 2.96. The predicted molar refractivity (Wildman–Crippen MR) is 100 cm³/mol. The van der Waals surface area contributed by atoms with Gasteiger partial charge in [-0.2, -0.15) is 5.26 Å². The van der Waals surface area contributed by atoms with Crippen LogP contribution in [-0.2, 0) is 11.2 Å². The van der Waals surface area contributed by atoms with Gasteiger partial charge < -0.3 is 4.90 Å². The average Bonchev–Trinajstić information content (AvgIpc) is 2.73. The highest BCUT2D eigenvalue weighted by molar-refractivity contribution is 6.32. The molecule has 0 saturated heterocycles. The lowest BCUT2D eigenvalue weighted by Gasteiger charge is -2.18. The van der Waals surface area contributed by atoms with E-state index in [2.05, 4.69) is 17.1 Å². The second kappa shape index (κ2) is 7.50. The number of amides is 1. The Kier molecular flexibility index (Phi) is 5.16. The Morgan fingerprint density at radius 1 is 1.28 bits per heavy atom. The van der Waals surface area contributed by atoms with Crippen LogP contribution in [0.3, 0.4) is 0 Å². The zero-order valence-electron chi connectivity index (χ0n) is 14.0. The third kappa shape index (κ3) is 3.72. The van der Waals surface area contributed by atoms with Crippen LogP contribution in [0.5, 0.6) is 0 Å². The van der Waals surface area contributed by atoms with Crippen molar-refractivity contribution in [1.82, 2.24) is 0 Å². The van der Waals surface area contributed by atoms with Crippen molar-refractivity contribution in [1.29, 1.82) is 5.26 Å². The molecule has 2 aromatic rings. The van der Waals surface area contributed by atoms with E-state index < -0.39 is 0 Å². The minimum absolute atomic E-state index is 0.0521. The van der Waals surface area contributed by atoms with E-state index in [1.54, 1.807) is 18.0 Å². The summed E-state index contributed by atoms with van der Waals surface area (Å²) in [5.41, 5.74) is 4.55. The van der Waals surface area contributed by atoms with Gasteiger partial charge in [-0.25, -0.2) is 0 Å². The van der Waals surface area contributed by atoms with Crippen molar-refractivity contribution >= 4 is 28.9 Å². The van der Waals surface area contributed by atoms with E-state index in [-0.39, 0.29) is 12.5 Å². The molecule has 0 atom stereocenters. The van der Waals surface area contributed by atoms with Gasteiger partial charge >= 0.3 is 0 Å². The number of aliphatic imine (C=N–C) groups is 1. The number of benzene rings is 2. The van der Waals surface area contributed by atoms with Crippen LogP contribution >= 0.6 is 11.6 Å². The Balaban J connectivity index is 2.03. The number of fused-ring (bicyclic) bond motifs is 1. The molecule has 0 N–H and O–H groups in total. The maximum atomic E-state index is 12.2. The standard InChI is InChI=1S/C20H18ClN3O/c1-24-18-9-8-16(21)12-17(18)20(23-13-19(24)25)15-7-4-6-14(11-15)5-2-3-10-22/h4,6-9,11-12H,2-3,5,13H2,1H3. The van der Waals surface area contributed by atoms with Crippen LogP contribution in [0.15, 0.2) is 47.5 Å². The topological polar surface area (TPSA) is 56.5 Å². The molecule has 2 aromatic carbocycles. The lowest BCUT2D eigenvalue weighted by atomic mass is 9.97. The maximum absolute atomic E-state index is 12.2. The smallest absolute Gasteiger partial charge is 0.248 e. The fourth-order valence-corrected chi connectivity index (χ4v) is 3.13. The third-order valence-corrected chi connectivity index (χ3v) is 4.51. The average molecular weight is 352 g/mol. The first-order valence-corrected chi connectivity index (χ1v) is 8.55. The molecule has 3 rings (SSSR count). The van der Waals surface area contributed by atoms with Gasteiger partial charge in [0.2, 0.25) is 5.91 Å². The van der Waals surface area contributed by atoms with E-state index in [0.717, 1.165) is 40.9 Å². The Morgan fingerprint density at radius 3 is 2.92 bits per heavy atom. The molecule has 0 unspecified atom stereocenters. The molecular formula is C20H18ClN3O. The van der Waals surface area contributed by atoms with Crippen molar-refractivity contribution < 1.29 is 4.79 Å². The number of benzodiazepines with no additional fused rings is 1. The van der Waals surface area contributed by atoms with E-state index in [4.69, 9.17) is 16.9 Å². The molecule has 0 fully saturated rings. The second-order valence-corrected chi connectivity index (χ2v) is 6.43. The lowest BCUT2D eigenvalue weighted by molar-refractivity contribution is -0.116. The molecule has 1 heterocycles. The predicted octanol–water partition coefficient (Wildman–Crippen LogP) is 4.00. The number of rotatable bonds is 4. The first-order valence-electron chi connectivity index (χ1n) is 8.17. The van der Waals surface area contributed by atoms with Gasteiger partial charge in [-0.05, 0) is 42.7 Å². The number of hydrogen-bond donors (Lipinski definition) is 0. The van der Waals surface area contributed by atoms with Crippen LogP contribution in [0.4, 0.5) is 5.69 Å². The molecule has 1 amide bonds. The van der Waals surface area contributed by atoms with E-state index in [9.17, 15) is 4.79 Å². The van der Waals surface area contributed by atoms with E-state index >= 15 is 0 Å². The van der Waals surface area contributed by atoms with Gasteiger partial charge in [0.1, 0.15) is 6.54 Å². The molecule has 0 aliphatic carbocycles. The zero-order chi connectivity index (χ0) is 17.8. The summed E-state index contributed by atoms with van der Waals surface area (Å²) in [6.45, 7) is 0.108. The molecule has 1 aliphatic heterocycles. The number of likely N-dealkylation sites (N-methyl/N-ethyl adjacent to an activating group) is 1. The number of carbonyl (C=O) groups is 1. The summed E-state index contributed by atoms with van der Waals surface area (Å²) in [5, 5.41) is 9.31. The SMILES string of the molecule is CN1C(=O)CN=C(c2cccc(CCCC#N)c2)c2cc(Cl)ccc21. The monoisotopic (exact) mass is 351 g/mol. The molecule has 1 aliphatic rings. The summed E-state index contributed by atoms with van der Waals surface area (Å²) >= 11 is 6.19. The number of halogens is 1. The number of hydrogen-bond acceptors (Lipinski definition) is 3. The quantitative estimate of drug-likeness (QED) is 0.782. The second-order valence-electron chi connectivity index (χ2n) is 5.99. The highest BCUT2D eigenvalue weighted by Gasteiger charge is 2.22. The normalized spacial score (nSPS) is 13.7. The summed E-state index contributed by atoms with van der Waals surface area (Å²) in [7, 11) is 1.76. The summed E-state index contributed by atoms with van der Waals surface area (Å²) < 4.78 is 0. The van der Waals surface area contributed by atoms with E-state index in [1.807, 2.05) is 30.3 Å². The van der Waals surface area contributed by atoms with Crippen LogP contribution in [0, 0.1) is 11.3 Å². The number of aryl methyl sites for hydroxylation is 1. The van der Waals surface area contributed by atoms with Crippen molar-refractivity contribution in [2.24, 2.45) is 4.99 Å². The summed E-state index contributed by atoms with van der Waals surface area (Å²) in [6, 6.07) is 15.8. The highest BCUT2D eigenvalue weighted by atomic mass is 35.5. The molecule has 5 heteroatoms. The van der Waals surface area contributed by atoms with Crippen LogP contribution in [0.25, 0.3) is 0 Å². The number of nitrogens with zero attached hydrogens (tertiary/aromatic N) is 3. The van der Waals surface area contributed by atoms with Gasteiger partial charge in [-0.1, -0.05) is 29.8 Å². The minimum Gasteiger partial charge on any atom is -0.313 e. The first-order chi connectivity index (χ1) is 12.1. The Labute approximate surface area is 152 Å². The lowest BCUT2D eigenvalue weighted by Crippen LogP contribution is -2.27. The Hall–Kier alpha value is -2.64. The van der Waals surface area contributed by atoms with Gasteiger partial charge in [0.25, 0.3) is 0 Å². The van der Waals surface area contributed by atoms with Crippen LogP contribution in [0.2, 0.25) is 5.02 Å². The zero-order valence-corrected chi connectivity index (χ0v) is 14.8. The number of nitriles is 1. The van der Waals surface area contributed by atoms with E-state index in [1.165, 1.54) is 0 Å². The first kappa shape index (κ1) is 17.2. The fraction of sp³-hybridized carbons (Fsp3) is 0.250. The van der Waals surface area contributed by atoms with Crippen molar-refractivity contribution in [3.8, 4) is 6.07 Å². The summed E-state index contributed by atoms with van der Waals surface area (Å²) in [4.78, 5) is 18.4. The van der Waals surface area contributed by atoms with Crippen LogP contribution < -0.4 is 4.90 Å². The Bertz CT molecular complexity index is 883. The van der Waals surface area contributed by atoms with Crippen molar-refractivity contribution in [3.63, 3.8) is 0 Å². The number of carbonyl (C=O) groups excluding carboxylic acids is 1. The van der Waals surface area contributed by atoms with Crippen molar-refractivity contribution in [2.45, 2.75) is 19.3 Å². The van der Waals surface area contributed by atoms with Crippen molar-refractivity contribution in [3.05, 3.63) is 64.2 Å². The van der Waals surface area contributed by atoms with Gasteiger partial charge in [0, 0.05) is 29.6 Å². The largest absolute Gasteiger partial charge is 0.313 e. The maximum Gasteiger partial charge on any atom is 0.248 e. The van der Waals surface area contributed by atoms with Crippen LogP contribution in [0.1, 0.15) is 29.5 Å². The minimum atomic E-state index is -0.0521. The summed E-state index contributed by atoms with van der Waals surface area (Å²) in [6.07, 6.45) is 2.22.